The second kappa shape index (κ2) is 11.8. The van der Waals surface area contributed by atoms with Crippen LogP contribution in [-0.2, 0) is 11.2 Å². The van der Waals surface area contributed by atoms with Crippen LogP contribution in [0.1, 0.15) is 57.0 Å². The molecule has 1 aliphatic heterocycles. The van der Waals surface area contributed by atoms with Crippen LogP contribution in [0.25, 0.3) is 5.57 Å². The molecule has 0 aliphatic carbocycles. The number of H-pyrrole nitrogens is 1. The van der Waals surface area contributed by atoms with Gasteiger partial charge in [-0.05, 0) is 57.0 Å². The second-order valence-electron chi connectivity index (χ2n) is 6.42. The molecule has 1 saturated heterocycles. The third-order valence-electron chi connectivity index (χ3n) is 4.68. The Morgan fingerprint density at radius 3 is 2.71 bits per heavy atom. The summed E-state index contributed by atoms with van der Waals surface area (Å²) in [4.78, 5) is 21.1. The smallest absolute Gasteiger partial charge is 0.246 e. The quantitative estimate of drug-likeness (QED) is 0.330. The van der Waals surface area contributed by atoms with Crippen LogP contribution in [0, 0.1) is 18.8 Å². The molecule has 0 spiro atoms. The number of allylic oxidation sites excluding steroid dienone is 2. The van der Waals surface area contributed by atoms with E-state index in [1.54, 1.807) is 11.1 Å². The lowest BCUT2D eigenvalue weighted by atomic mass is 10.0. The summed E-state index contributed by atoms with van der Waals surface area (Å²) in [5.74, 6) is 6.34. The summed E-state index contributed by atoms with van der Waals surface area (Å²) < 4.78 is 0. The number of rotatable bonds is 5. The Kier molecular flexibility index (Phi) is 9.81. The number of hydrogen-bond acceptors (Lipinski definition) is 2. The number of carbonyl (C=O) groups excluding carboxylic acids is 1. The first-order valence-corrected chi connectivity index (χ1v) is 10.0. The average Bonchev–Trinajstić information content (AvgIpc) is 3.12. The third-order valence-corrected chi connectivity index (χ3v) is 4.68. The third kappa shape index (κ3) is 5.85. The van der Waals surface area contributed by atoms with Crippen molar-refractivity contribution < 1.29 is 4.79 Å². The van der Waals surface area contributed by atoms with Crippen LogP contribution >= 0.6 is 0 Å². The molecule has 0 aromatic carbocycles. The zero-order chi connectivity index (χ0) is 21.1. The monoisotopic (exact) mass is 379 g/mol. The number of likely N-dealkylation sites (tertiary alicyclic amines) is 1. The maximum Gasteiger partial charge on any atom is 0.246 e. The molecule has 0 radical (unpaired) electrons. The van der Waals surface area contributed by atoms with E-state index in [-0.39, 0.29) is 11.9 Å². The van der Waals surface area contributed by atoms with Crippen LogP contribution in [0.15, 0.2) is 42.1 Å². The molecule has 0 bridgehead atoms. The van der Waals surface area contributed by atoms with Crippen molar-refractivity contribution in [3.05, 3.63) is 54.0 Å². The van der Waals surface area contributed by atoms with Gasteiger partial charge in [0.25, 0.3) is 0 Å². The first-order valence-electron chi connectivity index (χ1n) is 10.0. The highest BCUT2D eigenvalue weighted by molar-refractivity contribution is 5.87. The van der Waals surface area contributed by atoms with E-state index in [1.165, 1.54) is 17.3 Å². The van der Waals surface area contributed by atoms with Gasteiger partial charge in [0.15, 0.2) is 0 Å². The Balaban J connectivity index is 0.00000190. The zero-order valence-electron chi connectivity index (χ0n) is 17.8. The Labute approximate surface area is 170 Å². The molecule has 1 N–H and O–H groups in total. The van der Waals surface area contributed by atoms with Crippen molar-refractivity contribution in [2.24, 2.45) is 4.99 Å². The standard InChI is InChI=1S/C22H27N3O.C2H6/c1-6-20-16(3)14-21(24-20)17(4)18(15-23-5)11-12-19-10-8-9-13-25(19)22(26)7-2;1-2/h7,14-15,19,24H,2,4-6,8-10,13H2,1,3H3;1-2H3/b18-15-;. The number of aliphatic imine (C=N–C) groups is 1. The number of piperidine rings is 1. The van der Waals surface area contributed by atoms with Crippen molar-refractivity contribution in [2.75, 3.05) is 6.54 Å². The molecular formula is C24H33N3O. The molecule has 1 amide bonds. The Morgan fingerprint density at radius 2 is 2.14 bits per heavy atom. The molecular weight excluding hydrogens is 346 g/mol. The number of aromatic nitrogens is 1. The Bertz CT molecular complexity index is 802. The van der Waals surface area contributed by atoms with Gasteiger partial charge in [-0.2, -0.15) is 0 Å². The first-order chi connectivity index (χ1) is 13.5. The topological polar surface area (TPSA) is 48.5 Å². The SMILES string of the molecule is C=CC(=O)N1CCCCC1C#C/C(=C/N=C)C(=C)c1cc(C)c(CC)[nH]1.CC. The van der Waals surface area contributed by atoms with Gasteiger partial charge in [0.1, 0.15) is 0 Å². The summed E-state index contributed by atoms with van der Waals surface area (Å²) in [6.45, 7) is 20.2. The van der Waals surface area contributed by atoms with Gasteiger partial charge in [-0.15, -0.1) is 0 Å². The number of aryl methyl sites for hydroxylation is 2. The number of nitrogens with zero attached hydrogens (tertiary/aromatic N) is 2. The largest absolute Gasteiger partial charge is 0.358 e. The predicted octanol–water partition coefficient (Wildman–Crippen LogP) is 5.08. The normalized spacial score (nSPS) is 16.2. The van der Waals surface area contributed by atoms with Gasteiger partial charge in [0.2, 0.25) is 5.91 Å². The van der Waals surface area contributed by atoms with Gasteiger partial charge in [-0.3, -0.25) is 9.79 Å². The summed E-state index contributed by atoms with van der Waals surface area (Å²) in [6.07, 6.45) is 6.85. The summed E-state index contributed by atoms with van der Waals surface area (Å²) in [5.41, 5.74) is 4.82. The highest BCUT2D eigenvalue weighted by atomic mass is 16.2. The van der Waals surface area contributed by atoms with Gasteiger partial charge >= 0.3 is 0 Å². The lowest BCUT2D eigenvalue weighted by Gasteiger charge is -2.31. The van der Waals surface area contributed by atoms with Crippen molar-refractivity contribution in [2.45, 2.75) is 59.4 Å². The van der Waals surface area contributed by atoms with Crippen molar-refractivity contribution in [1.82, 2.24) is 9.88 Å². The maximum atomic E-state index is 12.1. The Morgan fingerprint density at radius 1 is 1.43 bits per heavy atom. The summed E-state index contributed by atoms with van der Waals surface area (Å²) in [7, 11) is 0. The van der Waals surface area contributed by atoms with Gasteiger partial charge in [0.05, 0.1) is 11.6 Å². The van der Waals surface area contributed by atoms with Gasteiger partial charge in [-0.25, -0.2) is 0 Å². The van der Waals surface area contributed by atoms with Crippen molar-refractivity contribution in [1.29, 1.82) is 0 Å². The van der Waals surface area contributed by atoms with Crippen LogP contribution in [-0.4, -0.2) is 35.1 Å². The number of hydrogen-bond donors (Lipinski definition) is 1. The summed E-state index contributed by atoms with van der Waals surface area (Å²) in [6, 6.07) is 1.97. The molecule has 1 unspecified atom stereocenters. The van der Waals surface area contributed by atoms with Gasteiger partial charge in [-0.1, -0.05) is 45.8 Å². The van der Waals surface area contributed by atoms with E-state index in [0.717, 1.165) is 43.5 Å². The number of amides is 1. The van der Waals surface area contributed by atoms with Crippen LogP contribution in [0.2, 0.25) is 0 Å². The minimum Gasteiger partial charge on any atom is -0.358 e. The number of nitrogens with one attached hydrogen (secondary N) is 1. The van der Waals surface area contributed by atoms with Crippen LogP contribution in [0.4, 0.5) is 0 Å². The summed E-state index contributed by atoms with van der Waals surface area (Å²) >= 11 is 0. The zero-order valence-corrected chi connectivity index (χ0v) is 17.8. The Hall–Kier alpha value is -2.80. The molecule has 1 atom stereocenters. The lowest BCUT2D eigenvalue weighted by Crippen LogP contribution is -2.42. The molecule has 4 heteroatoms. The van der Waals surface area contributed by atoms with Crippen molar-refractivity contribution in [3.8, 4) is 11.8 Å². The molecule has 1 fully saturated rings. The van der Waals surface area contributed by atoms with Crippen LogP contribution < -0.4 is 0 Å². The molecule has 1 aromatic rings. The number of aromatic amines is 1. The highest BCUT2D eigenvalue weighted by Crippen LogP contribution is 2.24. The van der Waals surface area contributed by atoms with E-state index in [0.29, 0.717) is 5.57 Å². The van der Waals surface area contributed by atoms with E-state index in [1.807, 2.05) is 13.8 Å². The summed E-state index contributed by atoms with van der Waals surface area (Å²) in [5, 5.41) is 0. The van der Waals surface area contributed by atoms with E-state index in [9.17, 15) is 4.79 Å². The average molecular weight is 380 g/mol. The molecule has 150 valence electrons. The van der Waals surface area contributed by atoms with Crippen molar-refractivity contribution in [3.63, 3.8) is 0 Å². The minimum atomic E-state index is -0.105. The van der Waals surface area contributed by atoms with E-state index in [4.69, 9.17) is 0 Å². The molecule has 2 rings (SSSR count). The lowest BCUT2D eigenvalue weighted by molar-refractivity contribution is -0.128. The molecule has 1 aromatic heterocycles. The van der Waals surface area contributed by atoms with Crippen molar-refractivity contribution >= 4 is 18.2 Å². The maximum absolute atomic E-state index is 12.1. The van der Waals surface area contributed by atoms with Crippen LogP contribution in [0.5, 0.6) is 0 Å². The predicted molar refractivity (Wildman–Crippen MR) is 120 cm³/mol. The van der Waals surface area contributed by atoms with Crippen LogP contribution in [0.3, 0.4) is 0 Å². The minimum absolute atomic E-state index is 0.0669. The van der Waals surface area contributed by atoms with E-state index in [2.05, 4.69) is 61.6 Å². The fourth-order valence-electron chi connectivity index (χ4n) is 3.18. The molecule has 4 nitrogen and oxygen atoms in total. The van der Waals surface area contributed by atoms with Gasteiger partial charge < -0.3 is 9.88 Å². The molecule has 28 heavy (non-hydrogen) atoms. The molecule has 2 heterocycles. The molecule has 1 aliphatic rings. The molecule has 0 saturated carbocycles. The second-order valence-corrected chi connectivity index (χ2v) is 6.42. The fourth-order valence-corrected chi connectivity index (χ4v) is 3.18. The van der Waals surface area contributed by atoms with E-state index < -0.39 is 0 Å². The first kappa shape index (κ1) is 23.2. The van der Waals surface area contributed by atoms with Gasteiger partial charge in [0, 0.05) is 29.7 Å². The highest BCUT2D eigenvalue weighted by Gasteiger charge is 2.23. The fraction of sp³-hybridized carbons (Fsp3) is 0.417. The van der Waals surface area contributed by atoms with E-state index >= 15 is 0 Å². The number of carbonyl (C=O) groups is 1.